The number of hydrogen-bond donors (Lipinski definition) is 1. The summed E-state index contributed by atoms with van der Waals surface area (Å²) < 4.78 is 51.6. The van der Waals surface area contributed by atoms with E-state index >= 15 is 0 Å². The van der Waals surface area contributed by atoms with Crippen molar-refractivity contribution in [2.24, 2.45) is 5.10 Å². The Kier molecular flexibility index (Phi) is 6.18. The molecule has 0 aromatic heterocycles. The lowest BCUT2D eigenvalue weighted by atomic mass is 10.2. The second-order valence-electron chi connectivity index (χ2n) is 6.43. The summed E-state index contributed by atoms with van der Waals surface area (Å²) in [4.78, 5) is 9.71. The van der Waals surface area contributed by atoms with Crippen LogP contribution in [-0.4, -0.2) is 26.1 Å². The summed E-state index contributed by atoms with van der Waals surface area (Å²) in [6, 6.07) is 17.7. The molecule has 160 valence electrons. The van der Waals surface area contributed by atoms with Gasteiger partial charge in [-0.15, -0.1) is 0 Å². The highest BCUT2D eigenvalue weighted by molar-refractivity contribution is 8.31. The summed E-state index contributed by atoms with van der Waals surface area (Å²) in [5.41, 5.74) is 3.17. The van der Waals surface area contributed by atoms with Crippen LogP contribution in [0, 0.1) is 17.0 Å². The summed E-state index contributed by atoms with van der Waals surface area (Å²) in [6.07, 6.45) is 0. The van der Waals surface area contributed by atoms with Gasteiger partial charge in [-0.2, -0.15) is 5.10 Å². The molecule has 11 heteroatoms. The SMILES string of the molecule is Cc1ccc(S(=O)(=O)/C(=N/Nc2ccc([N+](=O)[O-])cc2)S(=O)(=O)c2ccccc2)cc1. The molecule has 0 fully saturated rings. The number of nitro benzene ring substituents is 1. The quantitative estimate of drug-likeness (QED) is 0.267. The molecule has 0 amide bonds. The van der Waals surface area contributed by atoms with Crippen molar-refractivity contribution in [1.29, 1.82) is 0 Å². The summed E-state index contributed by atoms with van der Waals surface area (Å²) in [5, 5.41) is 14.5. The van der Waals surface area contributed by atoms with E-state index in [1.54, 1.807) is 25.1 Å². The minimum Gasteiger partial charge on any atom is -0.277 e. The zero-order chi connectivity index (χ0) is 22.6. The number of nitro groups is 1. The van der Waals surface area contributed by atoms with Gasteiger partial charge >= 0.3 is 0 Å². The number of sulfone groups is 2. The highest BCUT2D eigenvalue weighted by atomic mass is 32.3. The molecule has 3 aromatic rings. The Hall–Kier alpha value is -3.57. The molecule has 0 aliphatic rings. The molecule has 1 N–H and O–H groups in total. The molecule has 0 unspecified atom stereocenters. The number of anilines is 1. The van der Waals surface area contributed by atoms with Crippen molar-refractivity contribution in [2.75, 3.05) is 5.43 Å². The van der Waals surface area contributed by atoms with E-state index in [0.717, 1.165) is 5.56 Å². The lowest BCUT2D eigenvalue weighted by molar-refractivity contribution is -0.384. The molecule has 0 spiro atoms. The van der Waals surface area contributed by atoms with Crippen LogP contribution in [0.3, 0.4) is 0 Å². The Morgan fingerprint density at radius 3 is 1.84 bits per heavy atom. The van der Waals surface area contributed by atoms with Crippen molar-refractivity contribution in [3.05, 3.63) is 94.5 Å². The lowest BCUT2D eigenvalue weighted by Gasteiger charge is -2.11. The molecule has 3 rings (SSSR count). The fourth-order valence-electron chi connectivity index (χ4n) is 2.55. The van der Waals surface area contributed by atoms with Gasteiger partial charge in [0.25, 0.3) is 10.1 Å². The number of non-ortho nitro benzene ring substituents is 1. The normalized spacial score (nSPS) is 12.4. The number of nitrogens with one attached hydrogen (secondary N) is 1. The van der Waals surface area contributed by atoms with Crippen LogP contribution in [-0.2, 0) is 19.7 Å². The standard InChI is InChI=1S/C20H17N3O6S2/c1-15-7-13-19(14-8-15)31(28,29)20(30(26,27)18-5-3-2-4-6-18)22-21-16-9-11-17(12-10-16)23(24)25/h2-14,21H,1H3/b22-20+. The van der Waals surface area contributed by atoms with Crippen molar-refractivity contribution in [2.45, 2.75) is 16.7 Å². The molecule has 0 radical (unpaired) electrons. The van der Waals surface area contributed by atoms with Crippen LogP contribution in [0.2, 0.25) is 0 Å². The molecule has 0 saturated heterocycles. The predicted octanol–water partition coefficient (Wildman–Crippen LogP) is 3.53. The fourth-order valence-corrected chi connectivity index (χ4v) is 6.03. The number of hydrazone groups is 1. The topological polar surface area (TPSA) is 136 Å². The first-order valence-corrected chi connectivity index (χ1v) is 11.8. The number of nitrogens with zero attached hydrogens (tertiary/aromatic N) is 2. The summed E-state index contributed by atoms with van der Waals surface area (Å²) in [6.45, 7) is 1.77. The van der Waals surface area contributed by atoms with Gasteiger partial charge in [0, 0.05) is 12.1 Å². The van der Waals surface area contributed by atoms with E-state index in [-0.39, 0.29) is 21.2 Å². The highest BCUT2D eigenvalue weighted by Crippen LogP contribution is 2.23. The summed E-state index contributed by atoms with van der Waals surface area (Å²) >= 11 is 0. The number of benzene rings is 3. The molecule has 3 aromatic carbocycles. The van der Waals surface area contributed by atoms with Gasteiger partial charge < -0.3 is 0 Å². The first-order chi connectivity index (χ1) is 14.6. The van der Waals surface area contributed by atoms with Crippen LogP contribution in [0.1, 0.15) is 5.56 Å². The first kappa shape index (κ1) is 22.1. The molecule has 9 nitrogen and oxygen atoms in total. The molecule has 0 bridgehead atoms. The number of rotatable bonds is 5. The van der Waals surface area contributed by atoms with Gasteiger partial charge in [-0.05, 0) is 43.3 Å². The molecule has 0 aliphatic heterocycles. The largest absolute Gasteiger partial charge is 0.277 e. The Morgan fingerprint density at radius 1 is 0.806 bits per heavy atom. The van der Waals surface area contributed by atoms with Crippen molar-refractivity contribution in [3.63, 3.8) is 0 Å². The second-order valence-corrected chi connectivity index (χ2v) is 10.4. The maximum atomic E-state index is 13.2. The van der Waals surface area contributed by atoms with Gasteiger partial charge in [-0.1, -0.05) is 35.9 Å². The average Bonchev–Trinajstić information content (AvgIpc) is 2.75. The van der Waals surface area contributed by atoms with Crippen LogP contribution in [0.25, 0.3) is 0 Å². The fraction of sp³-hybridized carbons (Fsp3) is 0.0500. The van der Waals surface area contributed by atoms with E-state index in [1.165, 1.54) is 60.7 Å². The van der Waals surface area contributed by atoms with Crippen LogP contribution in [0.5, 0.6) is 0 Å². The molecule has 0 atom stereocenters. The zero-order valence-electron chi connectivity index (χ0n) is 16.2. The highest BCUT2D eigenvalue weighted by Gasteiger charge is 2.36. The van der Waals surface area contributed by atoms with Crippen molar-refractivity contribution < 1.29 is 21.8 Å². The predicted molar refractivity (Wildman–Crippen MR) is 116 cm³/mol. The maximum Gasteiger partial charge on any atom is 0.275 e. The van der Waals surface area contributed by atoms with E-state index in [0.29, 0.717) is 0 Å². The number of hydrogen-bond acceptors (Lipinski definition) is 8. The van der Waals surface area contributed by atoms with Gasteiger partial charge in [-0.25, -0.2) is 16.8 Å². The minimum atomic E-state index is -4.52. The third-order valence-electron chi connectivity index (χ3n) is 4.20. The Bertz CT molecular complexity index is 1330. The monoisotopic (exact) mass is 459 g/mol. The van der Waals surface area contributed by atoms with Gasteiger partial charge in [0.05, 0.1) is 20.4 Å². The lowest BCUT2D eigenvalue weighted by Crippen LogP contribution is -2.26. The first-order valence-electron chi connectivity index (χ1n) is 8.82. The van der Waals surface area contributed by atoms with Gasteiger partial charge in [0.15, 0.2) is 0 Å². The van der Waals surface area contributed by atoms with Crippen molar-refractivity contribution in [1.82, 2.24) is 0 Å². The van der Waals surface area contributed by atoms with Crippen molar-refractivity contribution >= 4 is 35.4 Å². The van der Waals surface area contributed by atoms with E-state index in [1.807, 2.05) is 0 Å². The third-order valence-corrected chi connectivity index (χ3v) is 8.40. The molecule has 0 heterocycles. The average molecular weight is 460 g/mol. The van der Waals surface area contributed by atoms with E-state index in [9.17, 15) is 26.9 Å². The summed E-state index contributed by atoms with van der Waals surface area (Å²) in [7, 11) is -9.04. The third kappa shape index (κ3) is 4.78. The molecule has 0 aliphatic carbocycles. The van der Waals surface area contributed by atoms with Gasteiger partial charge in [0.2, 0.25) is 19.7 Å². The smallest absolute Gasteiger partial charge is 0.275 e. The molecular weight excluding hydrogens is 442 g/mol. The minimum absolute atomic E-state index is 0.172. The van der Waals surface area contributed by atoms with Crippen molar-refractivity contribution in [3.8, 4) is 0 Å². The van der Waals surface area contributed by atoms with E-state index in [4.69, 9.17) is 0 Å². The van der Waals surface area contributed by atoms with Gasteiger partial charge in [0.1, 0.15) is 0 Å². The second kappa shape index (κ2) is 8.66. The molecule has 31 heavy (non-hydrogen) atoms. The maximum absolute atomic E-state index is 13.2. The van der Waals surface area contributed by atoms with Crippen LogP contribution in [0.4, 0.5) is 11.4 Å². The number of aryl methyl sites for hydroxylation is 1. The van der Waals surface area contributed by atoms with Crippen LogP contribution >= 0.6 is 0 Å². The zero-order valence-corrected chi connectivity index (χ0v) is 17.8. The van der Waals surface area contributed by atoms with E-state index in [2.05, 4.69) is 10.5 Å². The molecular formula is C20H17N3O6S2. The Balaban J connectivity index is 2.11. The Labute approximate surface area is 179 Å². The molecule has 0 saturated carbocycles. The Morgan fingerprint density at radius 2 is 1.32 bits per heavy atom. The van der Waals surface area contributed by atoms with Gasteiger partial charge in [-0.3, -0.25) is 15.5 Å². The van der Waals surface area contributed by atoms with Crippen LogP contribution < -0.4 is 5.43 Å². The van der Waals surface area contributed by atoms with E-state index < -0.39 is 29.0 Å². The summed E-state index contributed by atoms with van der Waals surface area (Å²) in [5.74, 6) is 0. The van der Waals surface area contributed by atoms with Crippen LogP contribution in [0.15, 0.2) is 93.8 Å².